The van der Waals surface area contributed by atoms with E-state index in [2.05, 4.69) is 22.2 Å². The Morgan fingerprint density at radius 3 is 2.59 bits per heavy atom. The third-order valence-corrected chi connectivity index (χ3v) is 5.69. The minimum atomic E-state index is -0.260. The monoisotopic (exact) mass is 425 g/mol. The predicted molar refractivity (Wildman–Crippen MR) is 131 cm³/mol. The fourth-order valence-corrected chi connectivity index (χ4v) is 4.06. The zero-order valence-corrected chi connectivity index (χ0v) is 18.2. The molecule has 0 aliphatic heterocycles. The van der Waals surface area contributed by atoms with E-state index in [-0.39, 0.29) is 11.8 Å². The van der Waals surface area contributed by atoms with E-state index in [0.29, 0.717) is 22.5 Å². The van der Waals surface area contributed by atoms with Crippen molar-refractivity contribution in [3.05, 3.63) is 95.7 Å². The van der Waals surface area contributed by atoms with Crippen molar-refractivity contribution in [2.45, 2.75) is 32.6 Å². The van der Waals surface area contributed by atoms with Crippen molar-refractivity contribution in [2.24, 2.45) is 0 Å². The van der Waals surface area contributed by atoms with Gasteiger partial charge in [0, 0.05) is 39.1 Å². The molecular formula is C27H27N3O2. The molecule has 0 saturated heterocycles. The van der Waals surface area contributed by atoms with Gasteiger partial charge in [-0.15, -0.1) is 0 Å². The third-order valence-electron chi connectivity index (χ3n) is 5.69. The van der Waals surface area contributed by atoms with Gasteiger partial charge in [0.05, 0.1) is 0 Å². The maximum atomic E-state index is 12.9. The van der Waals surface area contributed by atoms with E-state index < -0.39 is 0 Å². The highest BCUT2D eigenvalue weighted by molar-refractivity contribution is 6.08. The van der Waals surface area contributed by atoms with E-state index in [9.17, 15) is 9.59 Å². The van der Waals surface area contributed by atoms with Gasteiger partial charge in [-0.1, -0.05) is 30.9 Å². The van der Waals surface area contributed by atoms with Crippen molar-refractivity contribution in [3.63, 3.8) is 0 Å². The Kier molecular flexibility index (Phi) is 6.36. The van der Waals surface area contributed by atoms with Crippen LogP contribution in [0.3, 0.4) is 0 Å². The summed E-state index contributed by atoms with van der Waals surface area (Å²) in [5, 5.41) is 6.92. The lowest BCUT2D eigenvalue weighted by molar-refractivity contribution is -0.112. The molecule has 1 aliphatic carbocycles. The van der Waals surface area contributed by atoms with Crippen LogP contribution in [0.1, 0.15) is 41.4 Å². The minimum Gasteiger partial charge on any atom is -0.358 e. The number of benzene rings is 2. The highest BCUT2D eigenvalue weighted by Gasteiger charge is 2.17. The predicted octanol–water partition coefficient (Wildman–Crippen LogP) is 5.93. The quantitative estimate of drug-likeness (QED) is 0.338. The molecule has 0 unspecified atom stereocenters. The molecule has 0 radical (unpaired) electrons. The molecule has 1 aliphatic rings. The summed E-state index contributed by atoms with van der Waals surface area (Å²) < 4.78 is 0. The van der Waals surface area contributed by atoms with Crippen LogP contribution in [0.5, 0.6) is 0 Å². The molecule has 1 aromatic heterocycles. The third kappa shape index (κ3) is 4.57. The molecular weight excluding hydrogens is 398 g/mol. The summed E-state index contributed by atoms with van der Waals surface area (Å²) in [5.74, 6) is -0.440. The largest absolute Gasteiger partial charge is 0.358 e. The average Bonchev–Trinajstić information content (AvgIpc) is 3.17. The Morgan fingerprint density at radius 2 is 1.81 bits per heavy atom. The van der Waals surface area contributed by atoms with E-state index in [1.165, 1.54) is 30.2 Å². The van der Waals surface area contributed by atoms with Gasteiger partial charge in [0.15, 0.2) is 0 Å². The first-order chi connectivity index (χ1) is 15.6. The maximum Gasteiger partial charge on any atom is 0.255 e. The molecule has 0 fully saturated rings. The van der Waals surface area contributed by atoms with Gasteiger partial charge in [-0.05, 0) is 80.6 Å². The van der Waals surface area contributed by atoms with Gasteiger partial charge in [-0.3, -0.25) is 9.59 Å². The molecule has 3 aromatic rings. The van der Waals surface area contributed by atoms with Crippen LogP contribution < -0.4 is 10.6 Å². The summed E-state index contributed by atoms with van der Waals surface area (Å²) in [4.78, 5) is 28.9. The van der Waals surface area contributed by atoms with Crippen LogP contribution in [-0.2, 0) is 17.6 Å². The average molecular weight is 426 g/mol. The Labute approximate surface area is 187 Å². The molecule has 4 rings (SSSR count). The number of hydrogen-bond acceptors (Lipinski definition) is 2. The number of H-pyrrole nitrogens is 1. The number of anilines is 2. The van der Waals surface area contributed by atoms with Crippen LogP contribution in [0.15, 0.2) is 78.9 Å². The van der Waals surface area contributed by atoms with Crippen LogP contribution in [0.4, 0.5) is 11.4 Å². The van der Waals surface area contributed by atoms with Gasteiger partial charge in [-0.2, -0.15) is 0 Å². The topological polar surface area (TPSA) is 74.0 Å². The van der Waals surface area contributed by atoms with Crippen molar-refractivity contribution >= 4 is 34.1 Å². The van der Waals surface area contributed by atoms with Crippen LogP contribution in [-0.4, -0.2) is 16.8 Å². The van der Waals surface area contributed by atoms with Gasteiger partial charge in [-0.25, -0.2) is 0 Å². The second-order valence-electron chi connectivity index (χ2n) is 7.89. The Morgan fingerprint density at radius 1 is 1.03 bits per heavy atom. The second kappa shape index (κ2) is 9.52. The second-order valence-corrected chi connectivity index (χ2v) is 7.89. The van der Waals surface area contributed by atoms with Gasteiger partial charge in [0.1, 0.15) is 0 Å². The van der Waals surface area contributed by atoms with Crippen molar-refractivity contribution in [1.82, 2.24) is 4.98 Å². The lowest BCUT2D eigenvalue weighted by atomic mass is 9.95. The van der Waals surface area contributed by atoms with Gasteiger partial charge >= 0.3 is 0 Å². The fourth-order valence-electron chi connectivity index (χ4n) is 4.06. The first-order valence-electron chi connectivity index (χ1n) is 10.9. The number of aryl methyl sites for hydroxylation is 2. The van der Waals surface area contributed by atoms with E-state index in [1.54, 1.807) is 36.4 Å². The number of carbonyl (C=O) groups excluding carboxylic acids is 2. The Hall–Kier alpha value is -3.86. The van der Waals surface area contributed by atoms with Gasteiger partial charge in [0.25, 0.3) is 11.8 Å². The van der Waals surface area contributed by atoms with Crippen molar-refractivity contribution in [3.8, 4) is 0 Å². The Balaban J connectivity index is 1.50. The highest BCUT2D eigenvalue weighted by Crippen LogP contribution is 2.30. The van der Waals surface area contributed by atoms with Crippen molar-refractivity contribution in [2.75, 3.05) is 10.6 Å². The number of hydrogen-bond donors (Lipinski definition) is 3. The van der Waals surface area contributed by atoms with E-state index in [1.807, 2.05) is 31.2 Å². The van der Waals surface area contributed by atoms with E-state index >= 15 is 0 Å². The normalized spacial score (nSPS) is 13.7. The molecule has 2 aromatic carbocycles. The number of fused-ring (bicyclic) bond motifs is 3. The molecule has 3 N–H and O–H groups in total. The van der Waals surface area contributed by atoms with E-state index in [4.69, 9.17) is 0 Å². The first kappa shape index (κ1) is 21.4. The molecule has 0 spiro atoms. The number of aromatic nitrogens is 1. The standard InChI is InChI=1S/C27H27N3O2/c1-3-5-9-18(4-2)26(31)28-20-10-8-11-21(17-20)29-27(32)19-14-15-25-23(16-19)22-12-6-7-13-24(22)30-25/h3-5,8-11,14-17,30H,2,6-7,12-13H2,1H3,(H,28,31)(H,29,32)/b5-3-,18-9+. The lowest BCUT2D eigenvalue weighted by Gasteiger charge is -2.11. The smallest absolute Gasteiger partial charge is 0.255 e. The zero-order chi connectivity index (χ0) is 22.5. The molecule has 1 heterocycles. The van der Waals surface area contributed by atoms with Crippen molar-refractivity contribution < 1.29 is 9.59 Å². The fraction of sp³-hybridized carbons (Fsp3) is 0.185. The molecule has 32 heavy (non-hydrogen) atoms. The molecule has 0 saturated carbocycles. The molecule has 0 atom stereocenters. The van der Waals surface area contributed by atoms with Gasteiger partial charge < -0.3 is 15.6 Å². The van der Waals surface area contributed by atoms with Crippen molar-refractivity contribution in [1.29, 1.82) is 0 Å². The molecule has 2 amide bonds. The number of allylic oxidation sites excluding steroid dienone is 3. The maximum absolute atomic E-state index is 12.9. The number of nitrogens with one attached hydrogen (secondary N) is 3. The number of rotatable bonds is 6. The van der Waals surface area contributed by atoms with Crippen LogP contribution in [0, 0.1) is 0 Å². The molecule has 5 nitrogen and oxygen atoms in total. The Bertz CT molecular complexity index is 1250. The zero-order valence-electron chi connectivity index (χ0n) is 18.2. The van der Waals surface area contributed by atoms with Crippen LogP contribution >= 0.6 is 0 Å². The number of carbonyl (C=O) groups is 2. The molecule has 5 heteroatoms. The minimum absolute atomic E-state index is 0.180. The first-order valence-corrected chi connectivity index (χ1v) is 10.9. The number of aromatic amines is 1. The SMILES string of the molecule is C=C/C(=C\C=C/C)C(=O)Nc1cccc(NC(=O)c2ccc3[nH]c4c(c3c2)CCCC4)c1. The summed E-state index contributed by atoms with van der Waals surface area (Å²) in [6.45, 7) is 5.57. The van der Waals surface area contributed by atoms with Crippen LogP contribution in [0.25, 0.3) is 10.9 Å². The molecule has 162 valence electrons. The highest BCUT2D eigenvalue weighted by atomic mass is 16.2. The summed E-state index contributed by atoms with van der Waals surface area (Å²) in [6.07, 6.45) is 11.4. The molecule has 0 bridgehead atoms. The number of amides is 2. The van der Waals surface area contributed by atoms with E-state index in [0.717, 1.165) is 23.7 Å². The summed E-state index contributed by atoms with van der Waals surface area (Å²) in [7, 11) is 0. The van der Waals surface area contributed by atoms with Crippen LogP contribution in [0.2, 0.25) is 0 Å². The summed E-state index contributed by atoms with van der Waals surface area (Å²) in [6, 6.07) is 12.9. The summed E-state index contributed by atoms with van der Waals surface area (Å²) >= 11 is 0. The summed E-state index contributed by atoms with van der Waals surface area (Å²) in [5.41, 5.74) is 6.01. The lowest BCUT2D eigenvalue weighted by Crippen LogP contribution is -2.14. The van der Waals surface area contributed by atoms with Gasteiger partial charge in [0.2, 0.25) is 0 Å².